The number of benzene rings is 2. The Kier molecular flexibility index (Phi) is 7.46. The van der Waals surface area contributed by atoms with Gasteiger partial charge in [-0.05, 0) is 23.3 Å². The van der Waals surface area contributed by atoms with E-state index >= 15 is 0 Å². The molecule has 0 saturated heterocycles. The first kappa shape index (κ1) is 21.8. The van der Waals surface area contributed by atoms with E-state index < -0.39 is 10.2 Å². The third-order valence-electron chi connectivity index (χ3n) is 3.41. The molecule has 0 aliphatic heterocycles. The summed E-state index contributed by atoms with van der Waals surface area (Å²) in [5.41, 5.74) is 9.28. The highest BCUT2D eigenvalue weighted by Crippen LogP contribution is 2.35. The molecule has 0 bridgehead atoms. The number of thiazole rings is 1. The second-order valence-electron chi connectivity index (χ2n) is 5.72. The first-order valence-electron chi connectivity index (χ1n) is 7.90. The number of hydrogen-bond acceptors (Lipinski definition) is 9. The fourth-order valence-corrected chi connectivity index (χ4v) is 3.00. The van der Waals surface area contributed by atoms with Crippen LogP contribution in [0.25, 0.3) is 10.4 Å². The van der Waals surface area contributed by atoms with Crippen molar-refractivity contribution in [2.24, 2.45) is 4.99 Å². The van der Waals surface area contributed by atoms with Crippen molar-refractivity contribution in [2.75, 3.05) is 24.7 Å². The normalized spacial score (nSPS) is 11.2. The number of halogens is 1. The maximum absolute atomic E-state index is 8.60. The second-order valence-corrected chi connectivity index (χ2v) is 7.49. The SMILES string of the molecule is CN(C)c1ccc(/C=N/c2nc(N)c(-c3ccccc3)s2)cc1.[O-][Cl+3]([O-])([O-])O. The molecule has 0 atom stereocenters. The Labute approximate surface area is 168 Å². The van der Waals surface area contributed by atoms with Crippen LogP contribution in [0.2, 0.25) is 0 Å². The Morgan fingerprint density at radius 2 is 1.64 bits per heavy atom. The monoisotopic (exact) mass is 422 g/mol. The van der Waals surface area contributed by atoms with Gasteiger partial charge < -0.3 is 10.6 Å². The van der Waals surface area contributed by atoms with Gasteiger partial charge in [-0.3, -0.25) is 0 Å². The van der Waals surface area contributed by atoms with Gasteiger partial charge in [0.1, 0.15) is 5.82 Å². The zero-order valence-electron chi connectivity index (χ0n) is 15.2. The number of aliphatic imine (C=N–C) groups is 1. The lowest BCUT2D eigenvalue weighted by Gasteiger charge is -2.11. The summed E-state index contributed by atoms with van der Waals surface area (Å²) in [7, 11) is -0.654. The lowest BCUT2D eigenvalue weighted by molar-refractivity contribution is -1.92. The van der Waals surface area contributed by atoms with Crippen molar-refractivity contribution in [2.45, 2.75) is 0 Å². The minimum atomic E-state index is -4.69. The van der Waals surface area contributed by atoms with Gasteiger partial charge in [-0.2, -0.15) is 14.0 Å². The molecule has 0 saturated carbocycles. The highest BCUT2D eigenvalue weighted by molar-refractivity contribution is 7.19. The van der Waals surface area contributed by atoms with E-state index in [1.807, 2.05) is 62.8 Å². The summed E-state index contributed by atoms with van der Waals surface area (Å²) < 4.78 is 32.7. The molecule has 0 unspecified atom stereocenters. The maximum Gasteiger partial charge on any atom is 0.211 e. The molecular formula is C18H19ClN4O4S. The van der Waals surface area contributed by atoms with Crippen LogP contribution < -0.4 is 24.6 Å². The highest BCUT2D eigenvalue weighted by Gasteiger charge is 2.09. The maximum atomic E-state index is 8.60. The second kappa shape index (κ2) is 9.60. The molecule has 10 heteroatoms. The van der Waals surface area contributed by atoms with Crippen molar-refractivity contribution >= 4 is 34.2 Å². The fraction of sp³-hybridized carbons (Fsp3) is 0.111. The van der Waals surface area contributed by atoms with Crippen LogP contribution in [0.15, 0.2) is 59.6 Å². The van der Waals surface area contributed by atoms with Crippen molar-refractivity contribution in [3.05, 3.63) is 60.2 Å². The molecule has 3 rings (SSSR count). The van der Waals surface area contributed by atoms with Gasteiger partial charge in [-0.1, -0.05) is 53.8 Å². The van der Waals surface area contributed by atoms with Gasteiger partial charge in [0.2, 0.25) is 5.13 Å². The lowest BCUT2D eigenvalue weighted by Crippen LogP contribution is -2.58. The van der Waals surface area contributed by atoms with Crippen LogP contribution in [0.5, 0.6) is 0 Å². The molecule has 148 valence electrons. The molecule has 1 aromatic heterocycles. The van der Waals surface area contributed by atoms with Gasteiger partial charge in [-0.15, -0.1) is 0 Å². The Morgan fingerprint density at radius 3 is 2.18 bits per heavy atom. The van der Waals surface area contributed by atoms with Crippen molar-refractivity contribution in [1.82, 2.24) is 4.98 Å². The Morgan fingerprint density at radius 1 is 1.07 bits per heavy atom. The number of nitrogens with zero attached hydrogens (tertiary/aromatic N) is 3. The van der Waals surface area contributed by atoms with E-state index in [2.05, 4.69) is 27.0 Å². The summed E-state index contributed by atoms with van der Waals surface area (Å²) in [6, 6.07) is 18.2. The molecule has 0 fully saturated rings. The van der Waals surface area contributed by atoms with Crippen LogP contribution in [0.4, 0.5) is 16.6 Å². The Balaban J connectivity index is 0.000000500. The molecule has 0 spiro atoms. The molecule has 0 amide bonds. The summed E-state index contributed by atoms with van der Waals surface area (Å²) in [5, 5.41) is 0.665. The number of anilines is 2. The average Bonchev–Trinajstić information content (AvgIpc) is 3.00. The van der Waals surface area contributed by atoms with Gasteiger partial charge >= 0.3 is 0 Å². The highest BCUT2D eigenvalue weighted by atomic mass is 35.7. The molecule has 3 N–H and O–H groups in total. The number of hydrogen-bond donors (Lipinski definition) is 2. The van der Waals surface area contributed by atoms with Crippen molar-refractivity contribution in [1.29, 1.82) is 0 Å². The first-order valence-corrected chi connectivity index (χ1v) is 9.98. The summed E-state index contributed by atoms with van der Waals surface area (Å²) in [5.74, 6) is 0.524. The minimum absolute atomic E-state index is 0.524. The van der Waals surface area contributed by atoms with E-state index in [1.54, 1.807) is 0 Å². The van der Waals surface area contributed by atoms with Crippen LogP contribution in [0, 0.1) is 10.2 Å². The van der Waals surface area contributed by atoms with Gasteiger partial charge in [-0.25, -0.2) is 9.98 Å². The fourth-order valence-electron chi connectivity index (χ4n) is 2.16. The predicted octanol–water partition coefficient (Wildman–Crippen LogP) is 0.0849. The number of nitrogens with two attached hydrogens (primary N) is 1. The summed E-state index contributed by atoms with van der Waals surface area (Å²) in [6.07, 6.45) is 1.81. The minimum Gasteiger partial charge on any atom is -0.382 e. The largest absolute Gasteiger partial charge is 0.382 e. The van der Waals surface area contributed by atoms with Gasteiger partial charge in [0, 0.05) is 26.0 Å². The van der Waals surface area contributed by atoms with Crippen LogP contribution in [0.3, 0.4) is 0 Å². The Hall–Kier alpha value is -2.53. The Bertz CT molecular complexity index is 904. The smallest absolute Gasteiger partial charge is 0.211 e. The van der Waals surface area contributed by atoms with E-state index in [0.717, 1.165) is 21.7 Å². The quantitative estimate of drug-likeness (QED) is 0.566. The third kappa shape index (κ3) is 7.24. The summed E-state index contributed by atoms with van der Waals surface area (Å²) in [4.78, 5) is 11.8. The van der Waals surface area contributed by atoms with Crippen molar-refractivity contribution in [3.8, 4) is 10.4 Å². The van der Waals surface area contributed by atoms with Crippen LogP contribution >= 0.6 is 11.3 Å². The molecule has 8 nitrogen and oxygen atoms in total. The standard InChI is InChI=1S/C18H18N4S.ClHO4/c1-22(2)15-10-8-13(9-11-15)12-20-18-21-17(19)16(23-18)14-6-4-3-5-7-14;2-1(3,4)5/h3-12H,19H2,1-2H3;(H,2,3,4,5)/b20-12+;. The number of aromatic nitrogens is 1. The van der Waals surface area contributed by atoms with Gasteiger partial charge in [0.05, 0.1) is 19.8 Å². The summed E-state index contributed by atoms with van der Waals surface area (Å²) >= 11 is 1.50. The topological polar surface area (TPSA) is 144 Å². The molecule has 2 aromatic carbocycles. The van der Waals surface area contributed by atoms with E-state index in [4.69, 9.17) is 24.4 Å². The number of nitrogen functional groups attached to an aromatic ring is 1. The molecule has 0 aliphatic carbocycles. The number of rotatable bonds is 4. The molecular weight excluding hydrogens is 404 g/mol. The molecule has 0 radical (unpaired) electrons. The summed E-state index contributed by atoms with van der Waals surface area (Å²) in [6.45, 7) is 0. The average molecular weight is 423 g/mol. The molecule has 0 aliphatic rings. The van der Waals surface area contributed by atoms with Gasteiger partial charge in [0.15, 0.2) is 0 Å². The first-order chi connectivity index (χ1) is 13.1. The van der Waals surface area contributed by atoms with E-state index in [9.17, 15) is 0 Å². The third-order valence-corrected chi connectivity index (χ3v) is 4.44. The molecule has 1 heterocycles. The molecule has 28 heavy (non-hydrogen) atoms. The van der Waals surface area contributed by atoms with Crippen LogP contribution in [0.1, 0.15) is 5.56 Å². The van der Waals surface area contributed by atoms with Crippen molar-refractivity contribution < 1.29 is 28.9 Å². The zero-order valence-corrected chi connectivity index (χ0v) is 16.7. The van der Waals surface area contributed by atoms with Crippen LogP contribution in [-0.2, 0) is 0 Å². The zero-order chi connectivity index (χ0) is 20.7. The van der Waals surface area contributed by atoms with Crippen LogP contribution in [-0.4, -0.2) is 30.0 Å². The molecule has 3 aromatic rings. The van der Waals surface area contributed by atoms with E-state index in [1.165, 1.54) is 11.3 Å². The van der Waals surface area contributed by atoms with E-state index in [0.29, 0.717) is 10.9 Å². The predicted molar refractivity (Wildman–Crippen MR) is 102 cm³/mol. The van der Waals surface area contributed by atoms with Gasteiger partial charge in [0.25, 0.3) is 0 Å². The van der Waals surface area contributed by atoms with Crippen molar-refractivity contribution in [3.63, 3.8) is 0 Å². The lowest BCUT2D eigenvalue weighted by atomic mass is 10.2. The van der Waals surface area contributed by atoms with E-state index in [-0.39, 0.29) is 0 Å².